The second-order valence-electron chi connectivity index (χ2n) is 6.89. The number of pyridine rings is 1. The van der Waals surface area contributed by atoms with Gasteiger partial charge in [0.2, 0.25) is 0 Å². The summed E-state index contributed by atoms with van der Waals surface area (Å²) in [5.74, 6) is -0.132. The van der Waals surface area contributed by atoms with E-state index in [1.807, 2.05) is 32.0 Å². The van der Waals surface area contributed by atoms with Crippen LogP contribution in [0.15, 0.2) is 30.5 Å². The third-order valence-corrected chi connectivity index (χ3v) is 4.65. The number of nitriles is 1. The van der Waals surface area contributed by atoms with E-state index in [2.05, 4.69) is 21.3 Å². The average molecular weight is 382 g/mol. The van der Waals surface area contributed by atoms with Crippen molar-refractivity contribution in [3.8, 4) is 6.07 Å². The van der Waals surface area contributed by atoms with Gasteiger partial charge in [-0.3, -0.25) is 9.78 Å². The van der Waals surface area contributed by atoms with Crippen LogP contribution < -0.4 is 10.2 Å². The number of hydrogen-bond donors (Lipinski definition) is 1. The van der Waals surface area contributed by atoms with Crippen molar-refractivity contribution >= 4 is 22.5 Å². The Bertz CT molecular complexity index is 864. The largest absolute Gasteiger partial charge is 0.380 e. The lowest BCUT2D eigenvalue weighted by atomic mass is 10.1. The second kappa shape index (κ2) is 9.49. The molecule has 1 N–H and O–H groups in total. The van der Waals surface area contributed by atoms with Crippen molar-refractivity contribution in [2.75, 3.05) is 37.7 Å². The van der Waals surface area contributed by atoms with Gasteiger partial charge in [0.25, 0.3) is 5.91 Å². The molecule has 3 rings (SSSR count). The van der Waals surface area contributed by atoms with Crippen molar-refractivity contribution in [3.63, 3.8) is 0 Å². The standard InChI is InChI=1S/C21H26N4O3/c1-3-10-27-11-9-24-21(26)19-14-25(13-15(2)28-19)18-7-6-16(12-22)20-17(18)5-4-8-23-20/h4-8,15,19H,3,9-11,13-14H2,1-2H3,(H,24,26)/t15-,19-/m1/s1. The molecule has 0 spiro atoms. The molecule has 1 fully saturated rings. The third-order valence-electron chi connectivity index (χ3n) is 4.65. The van der Waals surface area contributed by atoms with Crippen molar-refractivity contribution in [1.82, 2.24) is 10.3 Å². The molecule has 28 heavy (non-hydrogen) atoms. The van der Waals surface area contributed by atoms with Crippen molar-refractivity contribution in [3.05, 3.63) is 36.0 Å². The average Bonchev–Trinajstić information content (AvgIpc) is 2.72. The number of carbonyl (C=O) groups excluding carboxylic acids is 1. The first-order chi connectivity index (χ1) is 13.6. The lowest BCUT2D eigenvalue weighted by Gasteiger charge is -2.38. The van der Waals surface area contributed by atoms with Crippen LogP contribution in [0.1, 0.15) is 25.8 Å². The Kier molecular flexibility index (Phi) is 6.80. The highest BCUT2D eigenvalue weighted by molar-refractivity contribution is 5.95. The number of nitrogens with one attached hydrogen (secondary N) is 1. The molecule has 1 aromatic carbocycles. The Labute approximate surface area is 165 Å². The molecule has 0 saturated carbocycles. The molecule has 1 saturated heterocycles. The third kappa shape index (κ3) is 4.58. The molecule has 2 atom stereocenters. The fourth-order valence-electron chi connectivity index (χ4n) is 3.42. The van der Waals surface area contributed by atoms with Crippen LogP contribution in [-0.4, -0.2) is 55.9 Å². The Morgan fingerprint density at radius 3 is 3.04 bits per heavy atom. The molecular formula is C21H26N4O3. The number of morpholine rings is 1. The number of nitrogens with zero attached hydrogens (tertiary/aromatic N) is 3. The molecule has 2 aromatic rings. The highest BCUT2D eigenvalue weighted by atomic mass is 16.5. The number of aromatic nitrogens is 1. The second-order valence-corrected chi connectivity index (χ2v) is 6.89. The Hall–Kier alpha value is -2.69. The van der Waals surface area contributed by atoms with E-state index in [4.69, 9.17) is 9.47 Å². The monoisotopic (exact) mass is 382 g/mol. The number of carbonyl (C=O) groups is 1. The predicted molar refractivity (Wildman–Crippen MR) is 107 cm³/mol. The van der Waals surface area contributed by atoms with Crippen LogP contribution in [0.25, 0.3) is 10.9 Å². The molecule has 1 amide bonds. The lowest BCUT2D eigenvalue weighted by Crippen LogP contribution is -2.53. The number of anilines is 1. The van der Waals surface area contributed by atoms with E-state index in [-0.39, 0.29) is 12.0 Å². The number of ether oxygens (including phenoxy) is 2. The first-order valence-electron chi connectivity index (χ1n) is 9.67. The van der Waals surface area contributed by atoms with Gasteiger partial charge >= 0.3 is 0 Å². The maximum Gasteiger partial charge on any atom is 0.251 e. The van der Waals surface area contributed by atoms with Crippen LogP contribution in [0.4, 0.5) is 5.69 Å². The number of fused-ring (bicyclic) bond motifs is 1. The topological polar surface area (TPSA) is 87.5 Å². The Balaban J connectivity index is 1.74. The van der Waals surface area contributed by atoms with Crippen molar-refractivity contribution < 1.29 is 14.3 Å². The van der Waals surface area contributed by atoms with Crippen molar-refractivity contribution in [2.24, 2.45) is 0 Å². The molecule has 148 valence electrons. The summed E-state index contributed by atoms with van der Waals surface area (Å²) in [7, 11) is 0. The molecule has 0 bridgehead atoms. The summed E-state index contributed by atoms with van der Waals surface area (Å²) in [5.41, 5.74) is 2.18. The minimum Gasteiger partial charge on any atom is -0.380 e. The number of amides is 1. The quantitative estimate of drug-likeness (QED) is 0.739. The maximum absolute atomic E-state index is 12.5. The zero-order chi connectivity index (χ0) is 19.9. The summed E-state index contributed by atoms with van der Waals surface area (Å²) in [6.45, 7) is 6.78. The van der Waals surface area contributed by atoms with E-state index in [1.54, 1.807) is 12.3 Å². The summed E-state index contributed by atoms with van der Waals surface area (Å²) in [5, 5.41) is 13.1. The highest BCUT2D eigenvalue weighted by Gasteiger charge is 2.31. The van der Waals surface area contributed by atoms with E-state index < -0.39 is 6.10 Å². The van der Waals surface area contributed by atoms with Gasteiger partial charge in [-0.25, -0.2) is 0 Å². The van der Waals surface area contributed by atoms with Crippen LogP contribution in [0.3, 0.4) is 0 Å². The molecule has 0 unspecified atom stereocenters. The van der Waals surface area contributed by atoms with Gasteiger partial charge in [-0.05, 0) is 37.6 Å². The van der Waals surface area contributed by atoms with Crippen molar-refractivity contribution in [2.45, 2.75) is 32.5 Å². The minimum atomic E-state index is -0.558. The van der Waals surface area contributed by atoms with E-state index in [1.165, 1.54) is 0 Å². The normalized spacial score (nSPS) is 19.4. The van der Waals surface area contributed by atoms with Gasteiger partial charge in [-0.15, -0.1) is 0 Å². The first kappa shape index (κ1) is 20.1. The number of benzene rings is 1. The first-order valence-corrected chi connectivity index (χ1v) is 9.67. The van der Waals surface area contributed by atoms with Crippen molar-refractivity contribution in [1.29, 1.82) is 5.26 Å². The summed E-state index contributed by atoms with van der Waals surface area (Å²) < 4.78 is 11.3. The van der Waals surface area contributed by atoms with Crippen LogP contribution in [0.5, 0.6) is 0 Å². The smallest absolute Gasteiger partial charge is 0.251 e. The summed E-state index contributed by atoms with van der Waals surface area (Å²) in [4.78, 5) is 19.1. The van der Waals surface area contributed by atoms with Gasteiger partial charge < -0.3 is 19.7 Å². The summed E-state index contributed by atoms with van der Waals surface area (Å²) in [6.07, 6.45) is 1.99. The fraction of sp³-hybridized carbons (Fsp3) is 0.476. The Morgan fingerprint density at radius 1 is 1.39 bits per heavy atom. The molecular weight excluding hydrogens is 356 g/mol. The SMILES string of the molecule is CCCOCCNC(=O)[C@H]1CN(c2ccc(C#N)c3ncccc23)C[C@@H](C)O1. The van der Waals surface area contributed by atoms with Gasteiger partial charge in [0.1, 0.15) is 6.07 Å². The molecule has 1 aromatic heterocycles. The molecule has 1 aliphatic heterocycles. The molecule has 7 nitrogen and oxygen atoms in total. The van der Waals surface area contributed by atoms with Gasteiger partial charge in [0, 0.05) is 37.0 Å². The van der Waals surface area contributed by atoms with Crippen LogP contribution in [0, 0.1) is 11.3 Å². The van der Waals surface area contributed by atoms with Gasteiger partial charge in [0.05, 0.1) is 30.3 Å². The molecule has 7 heteroatoms. The summed E-state index contributed by atoms with van der Waals surface area (Å²) in [6, 6.07) is 9.71. The van der Waals surface area contributed by atoms with E-state index in [0.29, 0.717) is 43.9 Å². The molecule has 1 aliphatic rings. The van der Waals surface area contributed by atoms with E-state index in [9.17, 15) is 10.1 Å². The molecule has 2 heterocycles. The van der Waals surface area contributed by atoms with Crippen LogP contribution in [-0.2, 0) is 14.3 Å². The number of rotatable bonds is 7. The fourth-order valence-corrected chi connectivity index (χ4v) is 3.42. The van der Waals surface area contributed by atoms with Gasteiger partial charge in [-0.2, -0.15) is 5.26 Å². The van der Waals surface area contributed by atoms with Gasteiger partial charge in [-0.1, -0.05) is 6.92 Å². The maximum atomic E-state index is 12.5. The highest BCUT2D eigenvalue weighted by Crippen LogP contribution is 2.30. The van der Waals surface area contributed by atoms with Crippen LogP contribution in [0.2, 0.25) is 0 Å². The summed E-state index contributed by atoms with van der Waals surface area (Å²) >= 11 is 0. The molecule has 0 radical (unpaired) electrons. The predicted octanol–water partition coefficient (Wildman–Crippen LogP) is 2.24. The van der Waals surface area contributed by atoms with E-state index >= 15 is 0 Å². The van der Waals surface area contributed by atoms with E-state index in [0.717, 1.165) is 17.5 Å². The zero-order valence-corrected chi connectivity index (χ0v) is 16.4. The van der Waals surface area contributed by atoms with Gasteiger partial charge in [0.15, 0.2) is 6.10 Å². The number of hydrogen-bond acceptors (Lipinski definition) is 6. The molecule has 0 aliphatic carbocycles. The Morgan fingerprint density at radius 2 is 2.25 bits per heavy atom. The lowest BCUT2D eigenvalue weighted by molar-refractivity contribution is -0.137. The van der Waals surface area contributed by atoms with Crippen LogP contribution >= 0.6 is 0 Å². The minimum absolute atomic E-state index is 0.0943. The zero-order valence-electron chi connectivity index (χ0n) is 16.4.